The van der Waals surface area contributed by atoms with Crippen molar-refractivity contribution in [2.45, 2.75) is 36.9 Å². The molecule has 6 N–H and O–H groups in total. The molecule has 1 rings (SSSR count). The summed E-state index contributed by atoms with van der Waals surface area (Å²) in [4.78, 5) is 0. The van der Waals surface area contributed by atoms with Crippen LogP contribution in [-0.2, 0) is 0 Å². The van der Waals surface area contributed by atoms with Crippen LogP contribution in [0.25, 0.3) is 0 Å². The molecular formula is C6H13FN2O2. The molecule has 1 aliphatic carbocycles. The van der Waals surface area contributed by atoms with Crippen LogP contribution in [-0.4, -0.2) is 40.7 Å². The van der Waals surface area contributed by atoms with Crippen LogP contribution in [0.4, 0.5) is 4.39 Å². The first-order valence-electron chi connectivity index (χ1n) is 3.55. The van der Waals surface area contributed by atoms with Gasteiger partial charge in [0.15, 0.2) is 0 Å². The molecule has 66 valence electrons. The number of halogens is 1. The SMILES string of the molecule is NC1CC(O)[C@H](O)C(N)C1F. The second-order valence-corrected chi connectivity index (χ2v) is 2.98. The van der Waals surface area contributed by atoms with Crippen molar-refractivity contribution < 1.29 is 14.6 Å². The van der Waals surface area contributed by atoms with Gasteiger partial charge in [-0.25, -0.2) is 4.39 Å². The molecule has 0 radical (unpaired) electrons. The van der Waals surface area contributed by atoms with E-state index in [1.807, 2.05) is 0 Å². The smallest absolute Gasteiger partial charge is 0.133 e. The van der Waals surface area contributed by atoms with E-state index in [0.29, 0.717) is 0 Å². The second kappa shape index (κ2) is 3.02. The van der Waals surface area contributed by atoms with Crippen molar-refractivity contribution in [3.05, 3.63) is 0 Å². The third-order valence-corrected chi connectivity index (χ3v) is 2.08. The Kier molecular flexibility index (Phi) is 2.43. The van der Waals surface area contributed by atoms with Gasteiger partial charge in [0, 0.05) is 6.04 Å². The van der Waals surface area contributed by atoms with Crippen molar-refractivity contribution in [1.29, 1.82) is 0 Å². The summed E-state index contributed by atoms with van der Waals surface area (Å²) in [7, 11) is 0. The average molecular weight is 164 g/mol. The zero-order valence-electron chi connectivity index (χ0n) is 6.02. The van der Waals surface area contributed by atoms with E-state index < -0.39 is 30.5 Å². The zero-order valence-corrected chi connectivity index (χ0v) is 6.02. The van der Waals surface area contributed by atoms with E-state index in [0.717, 1.165) is 0 Å². The molecule has 0 aromatic heterocycles. The molecule has 1 aliphatic rings. The summed E-state index contributed by atoms with van der Waals surface area (Å²) in [6, 6.07) is -1.82. The summed E-state index contributed by atoms with van der Waals surface area (Å²) in [5.41, 5.74) is 10.5. The fourth-order valence-electron chi connectivity index (χ4n) is 1.28. The molecule has 0 spiro atoms. The summed E-state index contributed by atoms with van der Waals surface area (Å²) >= 11 is 0. The number of alkyl halides is 1. The molecule has 0 saturated heterocycles. The Bertz CT molecular complexity index is 133. The van der Waals surface area contributed by atoms with Crippen LogP contribution in [0.3, 0.4) is 0 Å². The molecule has 0 aliphatic heterocycles. The minimum absolute atomic E-state index is 0.0655. The van der Waals surface area contributed by atoms with Crippen molar-refractivity contribution in [2.75, 3.05) is 0 Å². The second-order valence-electron chi connectivity index (χ2n) is 2.98. The predicted octanol–water partition coefficient (Wildman–Crippen LogP) is -1.90. The molecule has 0 aromatic rings. The minimum Gasteiger partial charge on any atom is -0.390 e. The molecule has 0 heterocycles. The summed E-state index contributed by atoms with van der Waals surface area (Å²) in [6.07, 6.45) is -3.54. The normalized spacial score (nSPS) is 52.6. The van der Waals surface area contributed by atoms with Crippen LogP contribution < -0.4 is 11.5 Å². The van der Waals surface area contributed by atoms with E-state index in [2.05, 4.69) is 0 Å². The fraction of sp³-hybridized carbons (Fsp3) is 1.00. The maximum absolute atomic E-state index is 12.9. The fourth-order valence-corrected chi connectivity index (χ4v) is 1.28. The van der Waals surface area contributed by atoms with Crippen molar-refractivity contribution in [2.24, 2.45) is 11.5 Å². The van der Waals surface area contributed by atoms with Crippen LogP contribution in [0.5, 0.6) is 0 Å². The van der Waals surface area contributed by atoms with Gasteiger partial charge in [0.1, 0.15) is 6.17 Å². The maximum atomic E-state index is 12.9. The van der Waals surface area contributed by atoms with E-state index in [1.165, 1.54) is 0 Å². The van der Waals surface area contributed by atoms with E-state index in [-0.39, 0.29) is 6.42 Å². The Labute approximate surface area is 64.0 Å². The lowest BCUT2D eigenvalue weighted by molar-refractivity contribution is -0.0528. The number of hydrogen-bond donors (Lipinski definition) is 4. The monoisotopic (exact) mass is 164 g/mol. The lowest BCUT2D eigenvalue weighted by Crippen LogP contribution is -2.60. The molecule has 1 saturated carbocycles. The molecule has 5 atom stereocenters. The van der Waals surface area contributed by atoms with Gasteiger partial charge in [0.05, 0.1) is 18.2 Å². The number of rotatable bonds is 0. The lowest BCUT2D eigenvalue weighted by Gasteiger charge is -2.35. The third kappa shape index (κ3) is 1.51. The van der Waals surface area contributed by atoms with Gasteiger partial charge < -0.3 is 21.7 Å². The molecule has 11 heavy (non-hydrogen) atoms. The van der Waals surface area contributed by atoms with Gasteiger partial charge in [-0.05, 0) is 6.42 Å². The largest absolute Gasteiger partial charge is 0.390 e. The Morgan fingerprint density at radius 1 is 1.27 bits per heavy atom. The topological polar surface area (TPSA) is 92.5 Å². The number of aliphatic hydroxyl groups is 2. The molecule has 5 heteroatoms. The van der Waals surface area contributed by atoms with Crippen molar-refractivity contribution in [3.8, 4) is 0 Å². The van der Waals surface area contributed by atoms with Gasteiger partial charge >= 0.3 is 0 Å². The van der Waals surface area contributed by atoms with Gasteiger partial charge in [0.2, 0.25) is 0 Å². The molecule has 1 fully saturated rings. The van der Waals surface area contributed by atoms with Gasteiger partial charge in [-0.15, -0.1) is 0 Å². The Balaban J connectivity index is 2.63. The van der Waals surface area contributed by atoms with Gasteiger partial charge in [-0.1, -0.05) is 0 Å². The first kappa shape index (κ1) is 8.86. The summed E-state index contributed by atoms with van der Waals surface area (Å²) in [6.45, 7) is 0. The summed E-state index contributed by atoms with van der Waals surface area (Å²) in [5.74, 6) is 0. The Morgan fingerprint density at radius 2 is 1.82 bits per heavy atom. The maximum Gasteiger partial charge on any atom is 0.133 e. The average Bonchev–Trinajstić information content (AvgIpc) is 1.97. The molecule has 0 amide bonds. The molecule has 0 aromatic carbocycles. The Hall–Kier alpha value is -0.230. The van der Waals surface area contributed by atoms with E-state index in [4.69, 9.17) is 21.7 Å². The van der Waals surface area contributed by atoms with Gasteiger partial charge in [-0.2, -0.15) is 0 Å². The van der Waals surface area contributed by atoms with E-state index in [1.54, 1.807) is 0 Å². The Morgan fingerprint density at radius 3 is 2.36 bits per heavy atom. The first-order chi connectivity index (χ1) is 5.04. The number of aliphatic hydroxyl groups excluding tert-OH is 2. The van der Waals surface area contributed by atoms with E-state index >= 15 is 0 Å². The standard InChI is InChI=1S/C6H13FN2O2/c7-4-2(8)1-3(10)6(11)5(4)9/h2-6,10-11H,1,8-9H2/t2?,3?,4?,5?,6-/m0/s1. The molecular weight excluding hydrogens is 151 g/mol. The van der Waals surface area contributed by atoms with E-state index in [9.17, 15) is 4.39 Å². The van der Waals surface area contributed by atoms with Crippen molar-refractivity contribution in [1.82, 2.24) is 0 Å². The van der Waals surface area contributed by atoms with Crippen LogP contribution in [0.1, 0.15) is 6.42 Å². The molecule has 0 bridgehead atoms. The molecule has 4 unspecified atom stereocenters. The predicted molar refractivity (Wildman–Crippen MR) is 37.5 cm³/mol. The highest BCUT2D eigenvalue weighted by Gasteiger charge is 2.40. The summed E-state index contributed by atoms with van der Waals surface area (Å²) < 4.78 is 12.9. The van der Waals surface area contributed by atoms with Crippen LogP contribution in [0.15, 0.2) is 0 Å². The van der Waals surface area contributed by atoms with Gasteiger partial charge in [-0.3, -0.25) is 0 Å². The van der Waals surface area contributed by atoms with Crippen LogP contribution in [0.2, 0.25) is 0 Å². The quantitative estimate of drug-likeness (QED) is 0.336. The number of hydrogen-bond acceptors (Lipinski definition) is 4. The van der Waals surface area contributed by atoms with Crippen molar-refractivity contribution in [3.63, 3.8) is 0 Å². The third-order valence-electron chi connectivity index (χ3n) is 2.08. The summed E-state index contributed by atoms with van der Waals surface area (Å²) in [5, 5.41) is 18.1. The zero-order chi connectivity index (χ0) is 8.59. The lowest BCUT2D eigenvalue weighted by atomic mass is 9.86. The minimum atomic E-state index is -1.42. The number of nitrogens with two attached hydrogens (primary N) is 2. The van der Waals surface area contributed by atoms with Crippen molar-refractivity contribution >= 4 is 0 Å². The highest BCUT2D eigenvalue weighted by Crippen LogP contribution is 2.19. The highest BCUT2D eigenvalue weighted by atomic mass is 19.1. The van der Waals surface area contributed by atoms with Crippen LogP contribution in [0, 0.1) is 0 Å². The van der Waals surface area contributed by atoms with Gasteiger partial charge in [0.25, 0.3) is 0 Å². The van der Waals surface area contributed by atoms with Crippen LogP contribution >= 0.6 is 0 Å². The highest BCUT2D eigenvalue weighted by molar-refractivity contribution is 4.97. The molecule has 4 nitrogen and oxygen atoms in total. The first-order valence-corrected chi connectivity index (χ1v) is 3.55.